The van der Waals surface area contributed by atoms with Gasteiger partial charge in [-0.2, -0.15) is 13.2 Å². The van der Waals surface area contributed by atoms with Crippen molar-refractivity contribution in [2.24, 2.45) is 0 Å². The summed E-state index contributed by atoms with van der Waals surface area (Å²) in [4.78, 5) is 54.5. The van der Waals surface area contributed by atoms with Gasteiger partial charge in [0, 0.05) is 24.8 Å². The number of ether oxygens (including phenoxy) is 1. The summed E-state index contributed by atoms with van der Waals surface area (Å²) >= 11 is 0. The van der Waals surface area contributed by atoms with Crippen LogP contribution in [0.5, 0.6) is 0 Å². The molecule has 2 aromatic carbocycles. The average molecular weight is 615 g/mol. The van der Waals surface area contributed by atoms with Crippen molar-refractivity contribution in [3.8, 4) is 0 Å². The van der Waals surface area contributed by atoms with Gasteiger partial charge in [-0.25, -0.2) is 9.97 Å². The number of aromatic nitrogens is 4. The maximum absolute atomic E-state index is 13.3. The van der Waals surface area contributed by atoms with Crippen LogP contribution in [0.1, 0.15) is 83.4 Å². The van der Waals surface area contributed by atoms with Gasteiger partial charge in [-0.15, -0.1) is 0 Å². The van der Waals surface area contributed by atoms with Crippen LogP contribution < -0.4 is 0 Å². The fourth-order valence-electron chi connectivity index (χ4n) is 5.33. The zero-order valence-corrected chi connectivity index (χ0v) is 25.1. The van der Waals surface area contributed by atoms with Crippen LogP contribution in [0, 0.1) is 6.92 Å². The van der Waals surface area contributed by atoms with E-state index < -0.39 is 40.1 Å². The molecule has 4 aromatic rings. The van der Waals surface area contributed by atoms with Gasteiger partial charge in [0.05, 0.1) is 22.4 Å². The van der Waals surface area contributed by atoms with Crippen LogP contribution in [0.25, 0.3) is 11.8 Å². The number of rotatable bonds is 2. The molecule has 8 nitrogen and oxygen atoms in total. The molecule has 11 heteroatoms. The van der Waals surface area contributed by atoms with Crippen molar-refractivity contribution in [1.29, 1.82) is 0 Å². The predicted molar refractivity (Wildman–Crippen MR) is 159 cm³/mol. The number of aryl methyl sites for hydroxylation is 1. The smallest absolute Gasteiger partial charge is 0.416 e. The molecule has 0 radical (unpaired) electrons. The van der Waals surface area contributed by atoms with Gasteiger partial charge in [0.2, 0.25) is 0 Å². The summed E-state index contributed by atoms with van der Waals surface area (Å²) in [6, 6.07) is 12.6. The Morgan fingerprint density at radius 1 is 0.756 bits per heavy atom. The Bertz CT molecular complexity index is 1860. The molecule has 0 amide bonds. The van der Waals surface area contributed by atoms with Gasteiger partial charge < -0.3 is 4.74 Å². The first-order chi connectivity index (χ1) is 21.2. The lowest BCUT2D eigenvalue weighted by Gasteiger charge is -2.33. The predicted octanol–water partition coefficient (Wildman–Crippen LogP) is 6.44. The second-order valence-corrected chi connectivity index (χ2v) is 11.8. The molecule has 1 unspecified atom stereocenters. The third kappa shape index (κ3) is 5.65. The number of carbonyl (C=O) groups excluding carboxylic acids is 3. The third-order valence-electron chi connectivity index (χ3n) is 7.95. The van der Waals surface area contributed by atoms with Crippen LogP contribution in [0.2, 0.25) is 0 Å². The molecule has 0 N–H and O–H groups in total. The van der Waals surface area contributed by atoms with E-state index in [1.165, 1.54) is 30.6 Å². The van der Waals surface area contributed by atoms with Crippen LogP contribution in [0.3, 0.4) is 0 Å². The molecular weight excluding hydrogens is 585 g/mol. The van der Waals surface area contributed by atoms with E-state index in [0.29, 0.717) is 17.1 Å². The molecule has 0 bridgehead atoms. The first-order valence-electron chi connectivity index (χ1n) is 14.0. The summed E-state index contributed by atoms with van der Waals surface area (Å²) in [5.74, 6) is -2.76. The maximum atomic E-state index is 13.3. The number of cyclic esters (lactones) is 1. The van der Waals surface area contributed by atoms with E-state index in [1.807, 2.05) is 37.3 Å². The van der Waals surface area contributed by atoms with Crippen molar-refractivity contribution in [3.05, 3.63) is 118 Å². The minimum Gasteiger partial charge on any atom is -0.423 e. The molecule has 0 saturated heterocycles. The SMILES string of the molecule is CC1(C)C(=O)C(c2ccccc2C(F)(F)F)C(=O)c2nccnc21.Cc1ccccc1/C=C1\OC(=O)C(C)(C)c2nccnc21. The van der Waals surface area contributed by atoms with E-state index in [0.717, 1.165) is 17.2 Å². The van der Waals surface area contributed by atoms with Crippen molar-refractivity contribution in [2.75, 3.05) is 0 Å². The standard InChI is InChI=1S/C17H13F3N2O2.C17H16N2O2/c1-16(2)14-12(21-7-8-22-14)13(23)11(15(16)24)9-5-3-4-6-10(9)17(18,19)20;1-11-6-4-5-7-12(11)10-13-14-15(19-9-8-18-14)17(2,3)16(20)21-13/h3-8,11H,1-2H3;4-10H,1-3H3/b;13-10-. The topological polar surface area (TPSA) is 112 Å². The molecule has 1 atom stereocenters. The Balaban J connectivity index is 0.000000179. The lowest BCUT2D eigenvalue weighted by molar-refractivity contribution is -0.143. The normalized spacial score (nSPS) is 19.2. The summed E-state index contributed by atoms with van der Waals surface area (Å²) in [5.41, 5.74) is 0.210. The molecule has 3 heterocycles. The molecule has 2 aliphatic rings. The van der Waals surface area contributed by atoms with Crippen molar-refractivity contribution < 1.29 is 32.3 Å². The largest absolute Gasteiger partial charge is 0.423 e. The molecule has 0 fully saturated rings. The second kappa shape index (κ2) is 11.5. The van der Waals surface area contributed by atoms with Crippen LogP contribution in [0.4, 0.5) is 13.2 Å². The molecule has 0 saturated carbocycles. The Morgan fingerprint density at radius 3 is 1.96 bits per heavy atom. The minimum atomic E-state index is -4.66. The number of halogens is 3. The highest BCUT2D eigenvalue weighted by Gasteiger charge is 2.50. The summed E-state index contributed by atoms with van der Waals surface area (Å²) in [6.07, 6.45) is 3.03. The van der Waals surface area contributed by atoms with Gasteiger partial charge in [0.1, 0.15) is 22.7 Å². The first-order valence-corrected chi connectivity index (χ1v) is 14.0. The lowest BCUT2D eigenvalue weighted by Crippen LogP contribution is -2.44. The minimum absolute atomic E-state index is 0.0518. The van der Waals surface area contributed by atoms with Crippen molar-refractivity contribution in [2.45, 2.75) is 57.5 Å². The highest BCUT2D eigenvalue weighted by molar-refractivity contribution is 6.21. The Labute approximate surface area is 257 Å². The maximum Gasteiger partial charge on any atom is 0.416 e. The highest BCUT2D eigenvalue weighted by atomic mass is 19.4. The molecule has 45 heavy (non-hydrogen) atoms. The van der Waals surface area contributed by atoms with Crippen LogP contribution >= 0.6 is 0 Å². The van der Waals surface area contributed by atoms with E-state index in [2.05, 4.69) is 19.9 Å². The Hall–Kier alpha value is -5.06. The monoisotopic (exact) mass is 614 g/mol. The first kappa shape index (κ1) is 31.4. The summed E-state index contributed by atoms with van der Waals surface area (Å²) in [6.45, 7) is 8.69. The van der Waals surface area contributed by atoms with Crippen molar-refractivity contribution in [3.63, 3.8) is 0 Å². The number of nitrogens with zero attached hydrogens (tertiary/aromatic N) is 4. The molecule has 230 valence electrons. The summed E-state index contributed by atoms with van der Waals surface area (Å²) in [5, 5.41) is 0. The van der Waals surface area contributed by atoms with Gasteiger partial charge in [0.15, 0.2) is 17.3 Å². The van der Waals surface area contributed by atoms with E-state index in [1.54, 1.807) is 40.1 Å². The number of benzene rings is 2. The zero-order chi connectivity index (χ0) is 32.7. The van der Waals surface area contributed by atoms with E-state index in [9.17, 15) is 27.6 Å². The van der Waals surface area contributed by atoms with Gasteiger partial charge >= 0.3 is 12.1 Å². The lowest BCUT2D eigenvalue weighted by atomic mass is 9.68. The van der Waals surface area contributed by atoms with Crippen LogP contribution in [-0.2, 0) is 31.3 Å². The molecule has 6 rings (SSSR count). The number of fused-ring (bicyclic) bond motifs is 2. The Morgan fingerprint density at radius 2 is 1.31 bits per heavy atom. The number of Topliss-reactive ketones (excluding diaryl/α,β-unsaturated/α-hetero) is 2. The van der Waals surface area contributed by atoms with Gasteiger partial charge in [-0.3, -0.25) is 24.4 Å². The molecule has 1 aliphatic heterocycles. The molecule has 1 aliphatic carbocycles. The van der Waals surface area contributed by atoms with Crippen LogP contribution in [0.15, 0.2) is 73.3 Å². The number of hydrogen-bond donors (Lipinski definition) is 0. The van der Waals surface area contributed by atoms with E-state index >= 15 is 0 Å². The number of ketones is 2. The number of esters is 1. The number of carbonyl (C=O) groups is 3. The van der Waals surface area contributed by atoms with Gasteiger partial charge in [0.25, 0.3) is 0 Å². The number of alkyl halides is 3. The molecular formula is C34H29F3N4O4. The fraction of sp³-hybridized carbons (Fsp3) is 0.265. The highest BCUT2D eigenvalue weighted by Crippen LogP contribution is 2.43. The molecule has 2 aromatic heterocycles. The Kier molecular flexibility index (Phi) is 7.99. The fourth-order valence-corrected chi connectivity index (χ4v) is 5.33. The van der Waals surface area contributed by atoms with Gasteiger partial charge in [-0.1, -0.05) is 42.5 Å². The average Bonchev–Trinajstić information content (AvgIpc) is 3.00. The summed E-state index contributed by atoms with van der Waals surface area (Å²) in [7, 11) is 0. The quantitative estimate of drug-likeness (QED) is 0.187. The zero-order valence-electron chi connectivity index (χ0n) is 25.1. The van der Waals surface area contributed by atoms with Crippen molar-refractivity contribution in [1.82, 2.24) is 19.9 Å². The van der Waals surface area contributed by atoms with Crippen molar-refractivity contribution >= 4 is 29.4 Å². The van der Waals surface area contributed by atoms with Crippen LogP contribution in [-0.4, -0.2) is 37.5 Å². The summed E-state index contributed by atoms with van der Waals surface area (Å²) < 4.78 is 45.4. The van der Waals surface area contributed by atoms with E-state index in [-0.39, 0.29) is 22.9 Å². The third-order valence-corrected chi connectivity index (χ3v) is 7.95. The van der Waals surface area contributed by atoms with E-state index in [4.69, 9.17) is 4.74 Å². The number of hydrogen-bond acceptors (Lipinski definition) is 8. The second-order valence-electron chi connectivity index (χ2n) is 11.8. The van der Waals surface area contributed by atoms with Gasteiger partial charge in [-0.05, 0) is 63.5 Å². The molecule has 0 spiro atoms.